The SMILES string of the molecule is Cc1c(CC(=O)NNS(C)(=O)=O)c(=O)oc2c(C)c3occ(-c4ccccc4)c3cc12. The predicted octanol–water partition coefficient (Wildman–Crippen LogP) is 2.95. The van der Waals surface area contributed by atoms with Crippen LogP contribution in [0.1, 0.15) is 16.7 Å². The van der Waals surface area contributed by atoms with E-state index in [9.17, 15) is 18.0 Å². The fourth-order valence-electron chi connectivity index (χ4n) is 3.60. The van der Waals surface area contributed by atoms with Crippen molar-refractivity contribution < 1.29 is 22.0 Å². The van der Waals surface area contributed by atoms with E-state index in [2.05, 4.69) is 5.43 Å². The van der Waals surface area contributed by atoms with Gasteiger partial charge in [-0.25, -0.2) is 13.2 Å². The Morgan fingerprint density at radius 3 is 2.42 bits per heavy atom. The van der Waals surface area contributed by atoms with E-state index in [0.717, 1.165) is 22.8 Å². The van der Waals surface area contributed by atoms with Crippen molar-refractivity contribution in [3.05, 3.63) is 69.8 Å². The smallest absolute Gasteiger partial charge is 0.340 e. The Balaban J connectivity index is 1.85. The summed E-state index contributed by atoms with van der Waals surface area (Å²) < 4.78 is 33.7. The van der Waals surface area contributed by atoms with Gasteiger partial charge in [0.15, 0.2) is 0 Å². The van der Waals surface area contributed by atoms with Gasteiger partial charge in [0.1, 0.15) is 11.2 Å². The van der Waals surface area contributed by atoms with Crippen LogP contribution in [0.5, 0.6) is 0 Å². The minimum Gasteiger partial charge on any atom is -0.463 e. The standard InChI is InChI=1S/C22H20N2O6S/c1-12-15-9-17-18(14-7-5-4-6-8-14)11-29-20(17)13(2)21(15)30-22(26)16(12)10-19(25)23-24-31(3,27)28/h4-9,11,24H,10H2,1-3H3,(H,23,25). The van der Waals surface area contributed by atoms with E-state index in [-0.39, 0.29) is 12.0 Å². The molecule has 0 saturated carbocycles. The van der Waals surface area contributed by atoms with Crippen molar-refractivity contribution in [3.63, 3.8) is 0 Å². The maximum atomic E-state index is 12.6. The minimum atomic E-state index is -3.61. The zero-order valence-electron chi connectivity index (χ0n) is 17.1. The van der Waals surface area contributed by atoms with Crippen molar-refractivity contribution in [1.29, 1.82) is 0 Å². The zero-order valence-corrected chi connectivity index (χ0v) is 17.9. The van der Waals surface area contributed by atoms with Gasteiger partial charge in [0.2, 0.25) is 15.9 Å². The molecule has 0 unspecified atom stereocenters. The van der Waals surface area contributed by atoms with Gasteiger partial charge in [0, 0.05) is 21.9 Å². The molecule has 2 aromatic heterocycles. The van der Waals surface area contributed by atoms with Gasteiger partial charge in [0.25, 0.3) is 0 Å². The number of amides is 1. The molecule has 0 aliphatic carbocycles. The van der Waals surface area contributed by atoms with Crippen molar-refractivity contribution in [1.82, 2.24) is 10.3 Å². The molecule has 2 heterocycles. The molecule has 0 atom stereocenters. The van der Waals surface area contributed by atoms with E-state index in [1.165, 1.54) is 0 Å². The van der Waals surface area contributed by atoms with Crippen LogP contribution in [0.3, 0.4) is 0 Å². The average Bonchev–Trinajstić information content (AvgIpc) is 3.15. The lowest BCUT2D eigenvalue weighted by atomic mass is 9.97. The highest BCUT2D eigenvalue weighted by atomic mass is 32.2. The molecule has 0 fully saturated rings. The van der Waals surface area contributed by atoms with Crippen LogP contribution in [0.25, 0.3) is 33.1 Å². The Labute approximate surface area is 177 Å². The molecule has 4 rings (SSSR count). The third kappa shape index (κ3) is 3.97. The normalized spacial score (nSPS) is 11.8. The second kappa shape index (κ2) is 7.68. The van der Waals surface area contributed by atoms with Gasteiger partial charge in [-0.15, -0.1) is 4.83 Å². The van der Waals surface area contributed by atoms with Gasteiger partial charge < -0.3 is 8.83 Å². The molecule has 1 amide bonds. The summed E-state index contributed by atoms with van der Waals surface area (Å²) in [5.74, 6) is -0.675. The number of fused-ring (bicyclic) bond motifs is 2. The molecule has 4 aromatic rings. The lowest BCUT2D eigenvalue weighted by Crippen LogP contribution is -2.42. The van der Waals surface area contributed by atoms with Crippen molar-refractivity contribution in [2.24, 2.45) is 0 Å². The van der Waals surface area contributed by atoms with Gasteiger partial charge in [-0.1, -0.05) is 30.3 Å². The zero-order chi connectivity index (χ0) is 22.3. The number of benzene rings is 2. The first-order chi connectivity index (χ1) is 14.7. The summed E-state index contributed by atoms with van der Waals surface area (Å²) in [5.41, 5.74) is 5.75. The van der Waals surface area contributed by atoms with Crippen LogP contribution < -0.4 is 15.9 Å². The van der Waals surface area contributed by atoms with Crippen LogP contribution in [-0.2, 0) is 21.2 Å². The molecule has 160 valence electrons. The number of hydrogen-bond acceptors (Lipinski definition) is 6. The molecule has 0 aliphatic rings. The summed E-state index contributed by atoms with van der Waals surface area (Å²) in [6.07, 6.45) is 2.25. The maximum absolute atomic E-state index is 12.6. The van der Waals surface area contributed by atoms with E-state index < -0.39 is 21.6 Å². The van der Waals surface area contributed by atoms with Crippen LogP contribution in [0.2, 0.25) is 0 Å². The minimum absolute atomic E-state index is 0.156. The van der Waals surface area contributed by atoms with E-state index in [4.69, 9.17) is 8.83 Å². The number of carbonyl (C=O) groups is 1. The van der Waals surface area contributed by atoms with Gasteiger partial charge >= 0.3 is 5.63 Å². The first kappa shape index (κ1) is 20.8. The quantitative estimate of drug-likeness (QED) is 0.364. The number of hydrogen-bond donors (Lipinski definition) is 2. The molecule has 0 spiro atoms. The largest absolute Gasteiger partial charge is 0.463 e. The molecule has 2 N–H and O–H groups in total. The molecule has 0 radical (unpaired) electrons. The Morgan fingerprint density at radius 1 is 1.03 bits per heavy atom. The number of aryl methyl sites for hydroxylation is 2. The number of nitrogens with one attached hydrogen (secondary N) is 2. The highest BCUT2D eigenvalue weighted by molar-refractivity contribution is 7.88. The van der Waals surface area contributed by atoms with Crippen LogP contribution in [-0.4, -0.2) is 20.6 Å². The van der Waals surface area contributed by atoms with E-state index in [0.29, 0.717) is 27.7 Å². The molecule has 0 saturated heterocycles. The summed E-state index contributed by atoms with van der Waals surface area (Å²) in [6.45, 7) is 3.55. The topological polar surface area (TPSA) is 119 Å². The number of hydrazine groups is 1. The van der Waals surface area contributed by atoms with Crippen LogP contribution in [0.4, 0.5) is 0 Å². The fourth-order valence-corrected chi connectivity index (χ4v) is 3.90. The van der Waals surface area contributed by atoms with Gasteiger partial charge in [-0.05, 0) is 31.0 Å². The third-order valence-electron chi connectivity index (χ3n) is 5.14. The summed E-state index contributed by atoms with van der Waals surface area (Å²) >= 11 is 0. The van der Waals surface area contributed by atoms with E-state index in [1.807, 2.05) is 48.2 Å². The molecule has 9 heteroatoms. The molecular formula is C22H20N2O6S. The van der Waals surface area contributed by atoms with E-state index >= 15 is 0 Å². The van der Waals surface area contributed by atoms with Gasteiger partial charge in [0.05, 0.1) is 24.5 Å². The van der Waals surface area contributed by atoms with Crippen molar-refractivity contribution in [3.8, 4) is 11.1 Å². The average molecular weight is 440 g/mol. The Bertz CT molecular complexity index is 1480. The first-order valence-electron chi connectivity index (χ1n) is 9.44. The lowest BCUT2D eigenvalue weighted by Gasteiger charge is -2.10. The first-order valence-corrected chi connectivity index (χ1v) is 11.3. The number of furan rings is 1. The molecule has 31 heavy (non-hydrogen) atoms. The summed E-state index contributed by atoms with van der Waals surface area (Å²) in [7, 11) is -3.61. The summed E-state index contributed by atoms with van der Waals surface area (Å²) in [4.78, 5) is 26.6. The van der Waals surface area contributed by atoms with Crippen molar-refractivity contribution in [2.45, 2.75) is 20.3 Å². The Kier molecular flexibility index (Phi) is 5.16. The lowest BCUT2D eigenvalue weighted by molar-refractivity contribution is -0.120. The summed E-state index contributed by atoms with van der Waals surface area (Å²) in [6, 6.07) is 11.7. The highest BCUT2D eigenvalue weighted by Crippen LogP contribution is 2.37. The maximum Gasteiger partial charge on any atom is 0.340 e. The number of sulfonamides is 1. The second-order valence-electron chi connectivity index (χ2n) is 7.36. The predicted molar refractivity (Wildman–Crippen MR) is 117 cm³/mol. The monoisotopic (exact) mass is 440 g/mol. The van der Waals surface area contributed by atoms with Gasteiger partial charge in [-0.3, -0.25) is 10.2 Å². The molecule has 0 bridgehead atoms. The van der Waals surface area contributed by atoms with Crippen LogP contribution in [0, 0.1) is 13.8 Å². The summed E-state index contributed by atoms with van der Waals surface area (Å²) in [5, 5.41) is 1.55. The van der Waals surface area contributed by atoms with Crippen LogP contribution >= 0.6 is 0 Å². The number of carbonyl (C=O) groups excluding carboxylic acids is 1. The van der Waals surface area contributed by atoms with Crippen molar-refractivity contribution in [2.75, 3.05) is 6.26 Å². The van der Waals surface area contributed by atoms with E-state index in [1.54, 1.807) is 13.2 Å². The molecule has 8 nitrogen and oxygen atoms in total. The molecule has 0 aliphatic heterocycles. The highest BCUT2D eigenvalue weighted by Gasteiger charge is 2.20. The Morgan fingerprint density at radius 2 is 1.74 bits per heavy atom. The number of rotatable bonds is 5. The molecular weight excluding hydrogens is 420 g/mol. The third-order valence-corrected chi connectivity index (χ3v) is 5.61. The molecule has 2 aromatic carbocycles. The fraction of sp³-hybridized carbons (Fsp3) is 0.182. The van der Waals surface area contributed by atoms with Crippen molar-refractivity contribution >= 4 is 37.9 Å². The van der Waals surface area contributed by atoms with Gasteiger partial charge in [-0.2, -0.15) is 0 Å². The Hall–Kier alpha value is -3.43. The second-order valence-corrected chi connectivity index (χ2v) is 9.11. The van der Waals surface area contributed by atoms with Crippen LogP contribution in [0.15, 0.2) is 56.3 Å².